The van der Waals surface area contributed by atoms with Gasteiger partial charge < -0.3 is 10.2 Å². The molecule has 0 radical (unpaired) electrons. The van der Waals surface area contributed by atoms with Gasteiger partial charge in [0, 0.05) is 44.0 Å². The van der Waals surface area contributed by atoms with Gasteiger partial charge >= 0.3 is 12.6 Å². The number of halogens is 2. The summed E-state index contributed by atoms with van der Waals surface area (Å²) in [7, 11) is 0. The van der Waals surface area contributed by atoms with Crippen molar-refractivity contribution in [2.75, 3.05) is 31.5 Å². The van der Waals surface area contributed by atoms with Gasteiger partial charge in [0.2, 0.25) is 0 Å². The Bertz CT molecular complexity index is 961. The Balaban J connectivity index is 1.36. The number of fused-ring (bicyclic) bond motifs is 1. The van der Waals surface area contributed by atoms with E-state index in [-0.39, 0.29) is 6.03 Å². The molecule has 2 aromatic carbocycles. The number of nitrogens with zero attached hydrogens (tertiary/aromatic N) is 4. The van der Waals surface area contributed by atoms with E-state index in [1.165, 1.54) is 12.4 Å². The van der Waals surface area contributed by atoms with E-state index < -0.39 is 6.55 Å². The van der Waals surface area contributed by atoms with Crippen LogP contribution in [0.3, 0.4) is 0 Å². The van der Waals surface area contributed by atoms with Crippen LogP contribution in [0.5, 0.6) is 0 Å². The molecule has 0 aliphatic carbocycles. The first-order chi connectivity index (χ1) is 13.6. The highest BCUT2D eigenvalue weighted by Gasteiger charge is 2.23. The fourth-order valence-electron chi connectivity index (χ4n) is 3.48. The zero-order valence-corrected chi connectivity index (χ0v) is 15.3. The average molecular weight is 385 g/mol. The summed E-state index contributed by atoms with van der Waals surface area (Å²) in [6, 6.07) is 13.6. The van der Waals surface area contributed by atoms with E-state index >= 15 is 0 Å². The van der Waals surface area contributed by atoms with Gasteiger partial charge in [0.1, 0.15) is 5.82 Å². The molecule has 0 atom stereocenters. The third-order valence-electron chi connectivity index (χ3n) is 5.01. The normalized spacial score (nSPS) is 15.3. The van der Waals surface area contributed by atoms with Crippen molar-refractivity contribution in [1.82, 2.24) is 19.4 Å². The fourth-order valence-corrected chi connectivity index (χ4v) is 3.48. The van der Waals surface area contributed by atoms with Crippen molar-refractivity contribution in [1.29, 1.82) is 0 Å². The number of anilines is 1. The molecule has 4 rings (SSSR count). The van der Waals surface area contributed by atoms with Gasteiger partial charge in [-0.05, 0) is 11.5 Å². The number of piperazine rings is 1. The Labute approximate surface area is 161 Å². The predicted octanol–water partition coefficient (Wildman–Crippen LogP) is 3.78. The number of rotatable bonds is 4. The maximum Gasteiger partial charge on any atom is 0.321 e. The molecule has 2 amide bonds. The second-order valence-corrected chi connectivity index (χ2v) is 6.75. The molecule has 0 spiro atoms. The lowest BCUT2D eigenvalue weighted by atomic mass is 10.1. The van der Waals surface area contributed by atoms with Gasteiger partial charge in [-0.25, -0.2) is 9.78 Å². The highest BCUT2D eigenvalue weighted by molar-refractivity contribution is 6.01. The van der Waals surface area contributed by atoms with Crippen LogP contribution in [-0.4, -0.2) is 51.6 Å². The van der Waals surface area contributed by atoms with Crippen molar-refractivity contribution < 1.29 is 13.6 Å². The Morgan fingerprint density at radius 3 is 2.61 bits per heavy atom. The van der Waals surface area contributed by atoms with Crippen LogP contribution in [0, 0.1) is 0 Å². The van der Waals surface area contributed by atoms with E-state index in [1.54, 1.807) is 4.90 Å². The lowest BCUT2D eigenvalue weighted by Crippen LogP contribution is -2.49. The van der Waals surface area contributed by atoms with Crippen molar-refractivity contribution in [3.63, 3.8) is 0 Å². The van der Waals surface area contributed by atoms with Gasteiger partial charge in [-0.2, -0.15) is 8.78 Å². The highest BCUT2D eigenvalue weighted by atomic mass is 19.3. The van der Waals surface area contributed by atoms with Crippen LogP contribution in [-0.2, 0) is 6.54 Å². The third kappa shape index (κ3) is 3.82. The SMILES string of the molecule is O=C(Nc1cccc2ccccc12)N1CCN(Cc2nccn2C(F)F)CC1. The Morgan fingerprint density at radius 1 is 1.07 bits per heavy atom. The second kappa shape index (κ2) is 7.93. The number of aromatic nitrogens is 2. The van der Waals surface area contributed by atoms with E-state index in [0.717, 1.165) is 21.0 Å². The molecule has 2 heterocycles. The monoisotopic (exact) mass is 385 g/mol. The molecule has 0 bridgehead atoms. The van der Waals surface area contributed by atoms with E-state index in [1.807, 2.05) is 47.4 Å². The second-order valence-electron chi connectivity index (χ2n) is 6.75. The molecule has 1 aliphatic rings. The van der Waals surface area contributed by atoms with Crippen LogP contribution < -0.4 is 5.32 Å². The largest absolute Gasteiger partial charge is 0.322 e. The van der Waals surface area contributed by atoms with E-state index in [2.05, 4.69) is 10.3 Å². The first kappa shape index (κ1) is 18.4. The van der Waals surface area contributed by atoms with Crippen LogP contribution in [0.2, 0.25) is 0 Å². The van der Waals surface area contributed by atoms with Crippen LogP contribution in [0.1, 0.15) is 12.4 Å². The van der Waals surface area contributed by atoms with Gasteiger partial charge in [-0.1, -0.05) is 36.4 Å². The van der Waals surface area contributed by atoms with E-state index in [0.29, 0.717) is 38.5 Å². The summed E-state index contributed by atoms with van der Waals surface area (Å²) in [4.78, 5) is 20.5. The first-order valence-electron chi connectivity index (χ1n) is 9.18. The molecule has 0 saturated carbocycles. The van der Waals surface area contributed by atoms with Crippen LogP contribution in [0.15, 0.2) is 54.9 Å². The molecule has 1 aromatic heterocycles. The van der Waals surface area contributed by atoms with Gasteiger partial charge in [0.05, 0.1) is 12.2 Å². The molecule has 0 unspecified atom stereocenters. The van der Waals surface area contributed by atoms with Gasteiger partial charge in [-0.3, -0.25) is 9.47 Å². The summed E-state index contributed by atoms with van der Waals surface area (Å²) in [6.45, 7) is 0.0388. The van der Waals surface area contributed by atoms with Gasteiger partial charge in [0.25, 0.3) is 0 Å². The molecule has 1 N–H and O–H groups in total. The zero-order chi connectivity index (χ0) is 19.5. The Hall–Kier alpha value is -3.00. The molecular formula is C20H21F2N5O. The van der Waals surface area contributed by atoms with E-state index in [9.17, 15) is 13.6 Å². The number of carbonyl (C=O) groups is 1. The van der Waals surface area contributed by atoms with Crippen molar-refractivity contribution >= 4 is 22.5 Å². The predicted molar refractivity (Wildman–Crippen MR) is 103 cm³/mol. The summed E-state index contributed by atoms with van der Waals surface area (Å²) in [5.41, 5.74) is 0.782. The summed E-state index contributed by atoms with van der Waals surface area (Å²) < 4.78 is 26.8. The molecule has 1 fully saturated rings. The first-order valence-corrected chi connectivity index (χ1v) is 9.18. The Kier molecular flexibility index (Phi) is 5.21. The minimum atomic E-state index is -2.59. The molecule has 28 heavy (non-hydrogen) atoms. The quantitative estimate of drug-likeness (QED) is 0.744. The number of hydrogen-bond acceptors (Lipinski definition) is 3. The molecule has 6 nitrogen and oxygen atoms in total. The maximum atomic E-state index is 12.9. The number of amides is 2. The van der Waals surface area contributed by atoms with Crippen LogP contribution in [0.25, 0.3) is 10.8 Å². The number of benzene rings is 2. The summed E-state index contributed by atoms with van der Waals surface area (Å²) in [5.74, 6) is 0.337. The lowest BCUT2D eigenvalue weighted by Gasteiger charge is -2.34. The van der Waals surface area contributed by atoms with Gasteiger partial charge in [0.15, 0.2) is 0 Å². The number of alkyl halides is 2. The van der Waals surface area contributed by atoms with E-state index in [4.69, 9.17) is 0 Å². The molecule has 3 aromatic rings. The van der Waals surface area contributed by atoms with Crippen molar-refractivity contribution in [3.05, 3.63) is 60.7 Å². The highest BCUT2D eigenvalue weighted by Crippen LogP contribution is 2.23. The van der Waals surface area contributed by atoms with Crippen molar-refractivity contribution in [2.24, 2.45) is 0 Å². The molecule has 8 heteroatoms. The number of imidazole rings is 1. The number of hydrogen-bond donors (Lipinski definition) is 1. The van der Waals surface area contributed by atoms with Crippen molar-refractivity contribution in [2.45, 2.75) is 13.1 Å². The lowest BCUT2D eigenvalue weighted by molar-refractivity contribution is 0.0620. The molecule has 1 aliphatic heterocycles. The van der Waals surface area contributed by atoms with Crippen LogP contribution in [0.4, 0.5) is 19.3 Å². The number of carbonyl (C=O) groups excluding carboxylic acids is 1. The molecule has 146 valence electrons. The summed E-state index contributed by atoms with van der Waals surface area (Å²) in [6.07, 6.45) is 2.67. The minimum absolute atomic E-state index is 0.148. The van der Waals surface area contributed by atoms with Gasteiger partial charge in [-0.15, -0.1) is 0 Å². The maximum absolute atomic E-state index is 12.9. The molecular weight excluding hydrogens is 364 g/mol. The van der Waals surface area contributed by atoms with Crippen LogP contribution >= 0.6 is 0 Å². The standard InChI is InChI=1S/C20H21F2N5O/c21-19(22)27-9-8-23-18(27)14-25-10-12-26(13-11-25)20(28)24-17-7-3-5-15-4-1-2-6-16(15)17/h1-9,19H,10-14H2,(H,24,28). The van der Waals surface area contributed by atoms with Crippen molar-refractivity contribution in [3.8, 4) is 0 Å². The summed E-state index contributed by atoms with van der Waals surface area (Å²) >= 11 is 0. The number of urea groups is 1. The summed E-state index contributed by atoms with van der Waals surface area (Å²) in [5, 5.41) is 5.06. The number of nitrogens with one attached hydrogen (secondary N) is 1. The minimum Gasteiger partial charge on any atom is -0.322 e. The average Bonchev–Trinajstić information content (AvgIpc) is 3.17. The third-order valence-corrected chi connectivity index (χ3v) is 5.01. The topological polar surface area (TPSA) is 53.4 Å². The smallest absolute Gasteiger partial charge is 0.321 e. The fraction of sp³-hybridized carbons (Fsp3) is 0.300. The zero-order valence-electron chi connectivity index (χ0n) is 15.3. The molecule has 1 saturated heterocycles. The Morgan fingerprint density at radius 2 is 1.82 bits per heavy atom.